The molecule has 2 aromatic rings. The summed E-state index contributed by atoms with van der Waals surface area (Å²) in [4.78, 5) is 51.4. The number of halogens is 1. The van der Waals surface area contributed by atoms with E-state index in [1.54, 1.807) is 24.3 Å². The monoisotopic (exact) mass is 510 g/mol. The Labute approximate surface area is 199 Å². The summed E-state index contributed by atoms with van der Waals surface area (Å²) in [5.41, 5.74) is 2.15. The number of rotatable bonds is 5. The Balaban J connectivity index is 1.37. The van der Waals surface area contributed by atoms with Gasteiger partial charge in [0, 0.05) is 10.2 Å². The zero-order valence-electron chi connectivity index (χ0n) is 18.2. The third-order valence-corrected chi connectivity index (χ3v) is 6.52. The molecule has 3 amide bonds. The Hall–Kier alpha value is -3.26. The fourth-order valence-corrected chi connectivity index (χ4v) is 4.79. The van der Waals surface area contributed by atoms with Crippen LogP contribution in [-0.2, 0) is 19.1 Å². The second-order valence-corrected chi connectivity index (χ2v) is 9.21. The summed E-state index contributed by atoms with van der Waals surface area (Å²) in [5, 5.41) is 2.70. The predicted octanol–water partition coefficient (Wildman–Crippen LogP) is 4.25. The quantitative estimate of drug-likeness (QED) is 0.368. The molecule has 0 aromatic heterocycles. The van der Waals surface area contributed by atoms with Crippen molar-refractivity contribution in [3.8, 4) is 0 Å². The standard InChI is InChI=1S/C25H23BrN2O5/c1-14-4-3-5-19-22(14)24(31)28(23(19)30)18-9-6-16(7-10-18)25(32)33-13-21(29)27-20-11-8-17(26)12-15(20)2/h3-4,6-12,14,19,22H,5,13H2,1-2H3,(H,27,29)/t14-,19+,22-/m0/s1. The van der Waals surface area contributed by atoms with Gasteiger partial charge in [-0.1, -0.05) is 35.0 Å². The maximum absolute atomic E-state index is 12.9. The molecule has 0 spiro atoms. The van der Waals surface area contributed by atoms with Gasteiger partial charge in [-0.25, -0.2) is 4.79 Å². The lowest BCUT2D eigenvalue weighted by Crippen LogP contribution is -2.31. The minimum Gasteiger partial charge on any atom is -0.452 e. The first-order chi connectivity index (χ1) is 15.8. The highest BCUT2D eigenvalue weighted by atomic mass is 79.9. The average molecular weight is 511 g/mol. The molecule has 2 aliphatic rings. The van der Waals surface area contributed by atoms with Gasteiger partial charge < -0.3 is 10.1 Å². The lowest BCUT2D eigenvalue weighted by atomic mass is 9.78. The number of esters is 1. The molecule has 170 valence electrons. The number of carbonyl (C=O) groups is 4. The highest BCUT2D eigenvalue weighted by Crippen LogP contribution is 2.40. The molecule has 8 heteroatoms. The van der Waals surface area contributed by atoms with E-state index in [0.29, 0.717) is 17.8 Å². The van der Waals surface area contributed by atoms with Gasteiger partial charge in [0.05, 0.1) is 23.1 Å². The first-order valence-electron chi connectivity index (χ1n) is 10.6. The third-order valence-electron chi connectivity index (χ3n) is 6.03. The summed E-state index contributed by atoms with van der Waals surface area (Å²) in [7, 11) is 0. The van der Waals surface area contributed by atoms with Gasteiger partial charge in [0.2, 0.25) is 11.8 Å². The molecule has 1 aliphatic heterocycles. The molecule has 1 saturated heterocycles. The van der Waals surface area contributed by atoms with Gasteiger partial charge >= 0.3 is 5.97 Å². The van der Waals surface area contributed by atoms with Crippen LogP contribution < -0.4 is 10.2 Å². The number of ether oxygens (including phenoxy) is 1. The van der Waals surface area contributed by atoms with E-state index in [1.165, 1.54) is 17.0 Å². The van der Waals surface area contributed by atoms with Gasteiger partial charge in [-0.2, -0.15) is 0 Å². The zero-order chi connectivity index (χ0) is 23.7. The minimum absolute atomic E-state index is 0.00629. The van der Waals surface area contributed by atoms with E-state index in [9.17, 15) is 19.2 Å². The van der Waals surface area contributed by atoms with Gasteiger partial charge in [0.1, 0.15) is 0 Å². The number of fused-ring (bicyclic) bond motifs is 1. The van der Waals surface area contributed by atoms with Gasteiger partial charge in [0.25, 0.3) is 5.91 Å². The normalized spacial score (nSPS) is 21.7. The molecule has 33 heavy (non-hydrogen) atoms. The summed E-state index contributed by atoms with van der Waals surface area (Å²) in [5.74, 6) is -2.23. The first kappa shape index (κ1) is 22.9. The number of imide groups is 1. The van der Waals surface area contributed by atoms with Crippen LogP contribution in [0.5, 0.6) is 0 Å². The lowest BCUT2D eigenvalue weighted by molar-refractivity contribution is -0.123. The second kappa shape index (κ2) is 9.31. The molecule has 3 atom stereocenters. The number of nitrogens with one attached hydrogen (secondary N) is 1. The molecule has 0 unspecified atom stereocenters. The molecule has 0 radical (unpaired) electrons. The number of amides is 3. The van der Waals surface area contributed by atoms with Crippen LogP contribution in [-0.4, -0.2) is 30.3 Å². The first-order valence-corrected chi connectivity index (χ1v) is 11.4. The maximum atomic E-state index is 12.9. The number of hydrogen-bond acceptors (Lipinski definition) is 5. The molecule has 0 saturated carbocycles. The largest absolute Gasteiger partial charge is 0.452 e. The number of anilines is 2. The van der Waals surface area contributed by atoms with E-state index in [4.69, 9.17) is 4.74 Å². The van der Waals surface area contributed by atoms with Crippen molar-refractivity contribution in [2.24, 2.45) is 17.8 Å². The fourth-order valence-electron chi connectivity index (χ4n) is 4.32. The number of hydrogen-bond donors (Lipinski definition) is 1. The summed E-state index contributed by atoms with van der Waals surface area (Å²) in [6.07, 6.45) is 4.49. The smallest absolute Gasteiger partial charge is 0.338 e. The molecule has 1 aliphatic carbocycles. The summed E-state index contributed by atoms with van der Waals surface area (Å²) in [6.45, 7) is 3.36. The van der Waals surface area contributed by atoms with E-state index in [0.717, 1.165) is 10.0 Å². The van der Waals surface area contributed by atoms with Crippen molar-refractivity contribution in [3.05, 3.63) is 70.2 Å². The Morgan fingerprint density at radius 2 is 1.85 bits per heavy atom. The van der Waals surface area contributed by atoms with Gasteiger partial charge in [-0.3, -0.25) is 19.3 Å². The Kier molecular flexibility index (Phi) is 6.47. The maximum Gasteiger partial charge on any atom is 0.338 e. The average Bonchev–Trinajstić information content (AvgIpc) is 3.05. The van der Waals surface area contributed by atoms with Gasteiger partial charge in [-0.15, -0.1) is 0 Å². The summed E-state index contributed by atoms with van der Waals surface area (Å²) >= 11 is 3.36. The molecule has 1 heterocycles. The highest BCUT2D eigenvalue weighted by molar-refractivity contribution is 9.10. The number of allylic oxidation sites excluding steroid dienone is 2. The van der Waals surface area contributed by atoms with Crippen LogP contribution in [0.1, 0.15) is 29.3 Å². The van der Waals surface area contributed by atoms with Crippen molar-refractivity contribution in [3.63, 3.8) is 0 Å². The van der Waals surface area contributed by atoms with Gasteiger partial charge in [0.15, 0.2) is 6.61 Å². The topological polar surface area (TPSA) is 92.8 Å². The van der Waals surface area contributed by atoms with Crippen molar-refractivity contribution in [2.75, 3.05) is 16.8 Å². The van der Waals surface area contributed by atoms with Crippen LogP contribution in [0, 0.1) is 24.7 Å². The Morgan fingerprint density at radius 3 is 2.52 bits per heavy atom. The van der Waals surface area contributed by atoms with Crippen molar-refractivity contribution in [1.82, 2.24) is 0 Å². The van der Waals surface area contributed by atoms with Crippen molar-refractivity contribution >= 4 is 51.0 Å². The van der Waals surface area contributed by atoms with Crippen LogP contribution in [0.3, 0.4) is 0 Å². The van der Waals surface area contributed by atoms with E-state index < -0.39 is 18.5 Å². The molecule has 1 N–H and O–H groups in total. The van der Waals surface area contributed by atoms with Crippen LogP contribution in [0.2, 0.25) is 0 Å². The summed E-state index contributed by atoms with van der Waals surface area (Å²) < 4.78 is 6.01. The molecule has 0 bridgehead atoms. The van der Waals surface area contributed by atoms with Crippen LogP contribution in [0.25, 0.3) is 0 Å². The van der Waals surface area contributed by atoms with E-state index in [1.807, 2.05) is 32.1 Å². The minimum atomic E-state index is -0.671. The van der Waals surface area contributed by atoms with E-state index in [-0.39, 0.29) is 35.1 Å². The number of benzene rings is 2. The third kappa shape index (κ3) is 4.61. The van der Waals surface area contributed by atoms with Crippen molar-refractivity contribution in [2.45, 2.75) is 20.3 Å². The molecule has 1 fully saturated rings. The van der Waals surface area contributed by atoms with E-state index in [2.05, 4.69) is 21.2 Å². The highest BCUT2D eigenvalue weighted by Gasteiger charge is 2.50. The molecule has 4 rings (SSSR count). The summed E-state index contributed by atoms with van der Waals surface area (Å²) in [6, 6.07) is 11.5. The van der Waals surface area contributed by atoms with Crippen molar-refractivity contribution < 1.29 is 23.9 Å². The molecule has 2 aromatic carbocycles. The Morgan fingerprint density at radius 1 is 1.12 bits per heavy atom. The number of nitrogens with zero attached hydrogens (tertiary/aromatic N) is 1. The van der Waals surface area contributed by atoms with E-state index >= 15 is 0 Å². The molecular formula is C25H23BrN2O5. The van der Waals surface area contributed by atoms with Crippen LogP contribution in [0.15, 0.2) is 59.1 Å². The van der Waals surface area contributed by atoms with Crippen LogP contribution in [0.4, 0.5) is 11.4 Å². The SMILES string of the molecule is Cc1cc(Br)ccc1NC(=O)COC(=O)c1ccc(N2C(=O)[C@H]3[C@@H](C)C=CC[C@H]3C2=O)cc1. The number of aryl methyl sites for hydroxylation is 1. The lowest BCUT2D eigenvalue weighted by Gasteiger charge is -2.22. The molecular weight excluding hydrogens is 488 g/mol. The predicted molar refractivity (Wildman–Crippen MR) is 127 cm³/mol. The molecule has 7 nitrogen and oxygen atoms in total. The second-order valence-electron chi connectivity index (χ2n) is 8.30. The van der Waals surface area contributed by atoms with Crippen LogP contribution >= 0.6 is 15.9 Å². The van der Waals surface area contributed by atoms with Crippen molar-refractivity contribution in [1.29, 1.82) is 0 Å². The fraction of sp³-hybridized carbons (Fsp3) is 0.280. The number of carbonyl (C=O) groups excluding carboxylic acids is 4. The Bertz CT molecular complexity index is 1160. The van der Waals surface area contributed by atoms with Gasteiger partial charge in [-0.05, 0) is 67.3 Å². The zero-order valence-corrected chi connectivity index (χ0v) is 19.8.